The highest BCUT2D eigenvalue weighted by atomic mass is 16.5. The molecule has 1 heterocycles. The van der Waals surface area contributed by atoms with E-state index in [1.807, 2.05) is 37.3 Å². The molecule has 1 aliphatic heterocycles. The van der Waals surface area contributed by atoms with E-state index in [2.05, 4.69) is 36.3 Å². The van der Waals surface area contributed by atoms with Crippen LogP contribution >= 0.6 is 0 Å². The molecule has 8 heteroatoms. The lowest BCUT2D eigenvalue weighted by molar-refractivity contribution is -0.134. The zero-order chi connectivity index (χ0) is 28.6. The highest BCUT2D eigenvalue weighted by molar-refractivity contribution is 5.93. The first-order valence-electron chi connectivity index (χ1n) is 14.6. The van der Waals surface area contributed by atoms with Crippen LogP contribution < -0.4 is 14.8 Å². The summed E-state index contributed by atoms with van der Waals surface area (Å²) in [4.78, 5) is 30.4. The fourth-order valence-corrected chi connectivity index (χ4v) is 5.75. The number of hydrogen-bond acceptors (Lipinski definition) is 6. The normalized spacial score (nSPS) is 21.1. The summed E-state index contributed by atoms with van der Waals surface area (Å²) in [6, 6.07) is 13.4. The first-order chi connectivity index (χ1) is 19.3. The summed E-state index contributed by atoms with van der Waals surface area (Å²) in [6.45, 7) is 5.75. The first-order valence-corrected chi connectivity index (χ1v) is 14.6. The molecule has 0 spiro atoms. The second-order valence-electron chi connectivity index (χ2n) is 11.6. The van der Waals surface area contributed by atoms with E-state index in [1.165, 1.54) is 12.0 Å². The monoisotopic (exact) mass is 551 g/mol. The van der Waals surface area contributed by atoms with E-state index >= 15 is 0 Å². The van der Waals surface area contributed by atoms with Gasteiger partial charge in [-0.1, -0.05) is 38.3 Å². The van der Waals surface area contributed by atoms with E-state index in [-0.39, 0.29) is 48.8 Å². The van der Waals surface area contributed by atoms with Crippen LogP contribution in [0, 0.1) is 11.8 Å². The number of fused-ring (bicyclic) bond motifs is 1. The summed E-state index contributed by atoms with van der Waals surface area (Å²) in [5.74, 6) is 1.56. The van der Waals surface area contributed by atoms with Crippen molar-refractivity contribution in [2.24, 2.45) is 11.8 Å². The molecule has 2 aromatic carbocycles. The van der Waals surface area contributed by atoms with Crippen LogP contribution in [0.2, 0.25) is 0 Å². The number of hydrogen-bond donors (Lipinski definition) is 2. The minimum Gasteiger partial charge on any atom is -0.497 e. The Balaban J connectivity index is 1.55. The van der Waals surface area contributed by atoms with Gasteiger partial charge < -0.3 is 24.8 Å². The van der Waals surface area contributed by atoms with Crippen molar-refractivity contribution < 1.29 is 24.2 Å². The Labute approximate surface area is 238 Å². The molecule has 0 bridgehead atoms. The van der Waals surface area contributed by atoms with Gasteiger partial charge in [-0.05, 0) is 62.7 Å². The SMILES string of the molecule is COc1ccc(CN(C)C[C@H]2Oc3ccc(NC(=O)C4CCCCC4)cc3CC(=O)N([C@@H](C)CO)C[C@@H]2C)cc1. The average Bonchev–Trinajstić information content (AvgIpc) is 3.01. The van der Waals surface area contributed by atoms with E-state index in [0.29, 0.717) is 24.5 Å². The number of aliphatic hydroxyl groups is 1. The number of nitrogens with one attached hydrogen (secondary N) is 1. The van der Waals surface area contributed by atoms with Gasteiger partial charge in [-0.15, -0.1) is 0 Å². The number of nitrogens with zero attached hydrogens (tertiary/aromatic N) is 2. The lowest BCUT2D eigenvalue weighted by Crippen LogP contribution is -2.47. The summed E-state index contributed by atoms with van der Waals surface area (Å²) in [5.41, 5.74) is 2.61. The number of carbonyl (C=O) groups is 2. The summed E-state index contributed by atoms with van der Waals surface area (Å²) < 4.78 is 11.9. The van der Waals surface area contributed by atoms with Crippen molar-refractivity contribution >= 4 is 17.5 Å². The van der Waals surface area contributed by atoms with Gasteiger partial charge in [-0.25, -0.2) is 0 Å². The maximum absolute atomic E-state index is 13.5. The molecule has 3 atom stereocenters. The van der Waals surface area contributed by atoms with Crippen LogP contribution in [0.3, 0.4) is 0 Å². The van der Waals surface area contributed by atoms with Crippen LogP contribution in [0.4, 0.5) is 5.69 Å². The lowest BCUT2D eigenvalue weighted by Gasteiger charge is -2.34. The smallest absolute Gasteiger partial charge is 0.227 e. The maximum Gasteiger partial charge on any atom is 0.227 e. The lowest BCUT2D eigenvalue weighted by atomic mass is 9.88. The number of amides is 2. The Hall–Kier alpha value is -3.10. The Morgan fingerprint density at radius 1 is 1.18 bits per heavy atom. The molecule has 218 valence electrons. The zero-order valence-electron chi connectivity index (χ0n) is 24.4. The molecule has 0 saturated heterocycles. The fourth-order valence-electron chi connectivity index (χ4n) is 5.75. The van der Waals surface area contributed by atoms with Gasteiger partial charge in [0.1, 0.15) is 17.6 Å². The van der Waals surface area contributed by atoms with Crippen molar-refractivity contribution in [1.82, 2.24) is 9.80 Å². The van der Waals surface area contributed by atoms with Crippen molar-refractivity contribution in [3.05, 3.63) is 53.6 Å². The van der Waals surface area contributed by atoms with Crippen LogP contribution in [-0.4, -0.2) is 72.7 Å². The Morgan fingerprint density at radius 2 is 1.90 bits per heavy atom. The van der Waals surface area contributed by atoms with Gasteiger partial charge in [0.2, 0.25) is 11.8 Å². The standard InChI is InChI=1S/C32H45N3O5/c1-22-18-35(23(2)21-36)31(37)17-26-16-27(33-32(38)25-8-6-5-7-9-25)12-15-29(26)40-30(22)20-34(3)19-24-10-13-28(39-4)14-11-24/h10-16,22-23,25,30,36H,5-9,17-21H2,1-4H3,(H,33,38)/t22-,23-,30+/m0/s1. The van der Waals surface area contributed by atoms with E-state index in [4.69, 9.17) is 9.47 Å². The van der Waals surface area contributed by atoms with E-state index < -0.39 is 0 Å². The zero-order valence-corrected chi connectivity index (χ0v) is 24.4. The van der Waals surface area contributed by atoms with Crippen molar-refractivity contribution in [2.75, 3.05) is 39.2 Å². The van der Waals surface area contributed by atoms with Crippen LogP contribution in [0.5, 0.6) is 11.5 Å². The highest BCUT2D eigenvalue weighted by Gasteiger charge is 2.31. The van der Waals surface area contributed by atoms with Gasteiger partial charge >= 0.3 is 0 Å². The quantitative estimate of drug-likeness (QED) is 0.477. The predicted molar refractivity (Wildman–Crippen MR) is 157 cm³/mol. The van der Waals surface area contributed by atoms with Crippen LogP contribution in [0.1, 0.15) is 57.1 Å². The molecule has 2 N–H and O–H groups in total. The summed E-state index contributed by atoms with van der Waals surface area (Å²) in [7, 11) is 3.73. The van der Waals surface area contributed by atoms with Crippen LogP contribution in [0.15, 0.2) is 42.5 Å². The molecule has 0 aromatic heterocycles. The second kappa shape index (κ2) is 14.0. The largest absolute Gasteiger partial charge is 0.497 e. The van der Waals surface area contributed by atoms with Crippen molar-refractivity contribution in [3.8, 4) is 11.5 Å². The van der Waals surface area contributed by atoms with Crippen molar-refractivity contribution in [3.63, 3.8) is 0 Å². The number of aliphatic hydroxyl groups excluding tert-OH is 1. The second-order valence-corrected chi connectivity index (χ2v) is 11.6. The number of anilines is 1. The topological polar surface area (TPSA) is 91.3 Å². The van der Waals surface area contributed by atoms with Crippen LogP contribution in [0.25, 0.3) is 0 Å². The summed E-state index contributed by atoms with van der Waals surface area (Å²) >= 11 is 0. The van der Waals surface area contributed by atoms with Gasteiger partial charge in [0, 0.05) is 42.7 Å². The van der Waals surface area contributed by atoms with Crippen LogP contribution in [-0.2, 0) is 22.6 Å². The molecule has 1 saturated carbocycles. The Morgan fingerprint density at radius 3 is 2.58 bits per heavy atom. The predicted octanol–water partition coefficient (Wildman–Crippen LogP) is 4.50. The number of methoxy groups -OCH3 is 1. The van der Waals surface area contributed by atoms with Crippen molar-refractivity contribution in [2.45, 2.75) is 71.1 Å². The molecule has 4 rings (SSSR count). The van der Waals surface area contributed by atoms with Gasteiger partial charge in [0.05, 0.1) is 26.2 Å². The molecule has 40 heavy (non-hydrogen) atoms. The van der Waals surface area contributed by atoms with Crippen molar-refractivity contribution in [1.29, 1.82) is 0 Å². The van der Waals surface area contributed by atoms with Gasteiger partial charge in [0.15, 0.2) is 0 Å². The average molecular weight is 552 g/mol. The summed E-state index contributed by atoms with van der Waals surface area (Å²) in [6.07, 6.45) is 5.19. The van der Waals surface area contributed by atoms with Gasteiger partial charge in [0.25, 0.3) is 0 Å². The van der Waals surface area contributed by atoms with E-state index in [0.717, 1.165) is 43.5 Å². The minimum absolute atomic E-state index is 0.0212. The molecule has 2 aromatic rings. The molecule has 8 nitrogen and oxygen atoms in total. The number of carbonyl (C=O) groups excluding carboxylic acids is 2. The number of ether oxygens (including phenoxy) is 2. The highest BCUT2D eigenvalue weighted by Crippen LogP contribution is 2.31. The molecule has 0 unspecified atom stereocenters. The summed E-state index contributed by atoms with van der Waals surface area (Å²) in [5, 5.41) is 13.0. The van der Waals surface area contributed by atoms with E-state index in [1.54, 1.807) is 12.0 Å². The fraction of sp³-hybridized carbons (Fsp3) is 0.562. The minimum atomic E-state index is -0.302. The molecular weight excluding hydrogens is 506 g/mol. The third-order valence-corrected chi connectivity index (χ3v) is 8.26. The number of likely N-dealkylation sites (N-methyl/N-ethyl adjacent to an activating group) is 1. The van der Waals surface area contributed by atoms with E-state index in [9.17, 15) is 14.7 Å². The Bertz CT molecular complexity index is 1130. The van der Waals surface area contributed by atoms with Gasteiger partial charge in [-0.3, -0.25) is 14.5 Å². The number of rotatable bonds is 9. The maximum atomic E-state index is 13.5. The molecular formula is C32H45N3O5. The molecule has 0 radical (unpaired) electrons. The third-order valence-electron chi connectivity index (χ3n) is 8.26. The molecule has 1 aliphatic carbocycles. The Kier molecular flexibility index (Phi) is 10.5. The third kappa shape index (κ3) is 7.76. The molecule has 1 fully saturated rings. The van der Waals surface area contributed by atoms with Gasteiger partial charge in [-0.2, -0.15) is 0 Å². The number of benzene rings is 2. The molecule has 2 aliphatic rings. The first kappa shape index (κ1) is 29.9. The molecule has 2 amide bonds.